The summed E-state index contributed by atoms with van der Waals surface area (Å²) in [6, 6.07) is 8.54. The van der Waals surface area contributed by atoms with E-state index in [0.29, 0.717) is 0 Å². The van der Waals surface area contributed by atoms with Crippen molar-refractivity contribution in [3.8, 4) is 0 Å². The minimum atomic E-state index is -0.0842. The number of fused-ring (bicyclic) bond motifs is 1. The molecule has 3 nitrogen and oxygen atoms in total. The number of carbonyl (C=O) groups excluding carboxylic acids is 1. The van der Waals surface area contributed by atoms with Crippen LogP contribution in [0.2, 0.25) is 0 Å². The summed E-state index contributed by atoms with van der Waals surface area (Å²) in [7, 11) is 0. The van der Waals surface area contributed by atoms with Gasteiger partial charge >= 0.3 is 0 Å². The van der Waals surface area contributed by atoms with Crippen LogP contribution >= 0.6 is 0 Å². The monoisotopic (exact) mass is 242 g/mol. The molecule has 3 rings (SSSR count). The maximum atomic E-state index is 12.1. The molecular formula is C15H18N2O. The van der Waals surface area contributed by atoms with E-state index in [2.05, 4.69) is 34.9 Å². The van der Waals surface area contributed by atoms with Crippen molar-refractivity contribution < 1.29 is 4.79 Å². The van der Waals surface area contributed by atoms with Gasteiger partial charge in [-0.1, -0.05) is 30.3 Å². The van der Waals surface area contributed by atoms with E-state index in [1.807, 2.05) is 12.3 Å². The van der Waals surface area contributed by atoms with Gasteiger partial charge in [-0.3, -0.25) is 4.79 Å². The minimum absolute atomic E-state index is 0.0842. The van der Waals surface area contributed by atoms with Gasteiger partial charge in [0.05, 0.1) is 6.04 Å². The Labute approximate surface area is 107 Å². The summed E-state index contributed by atoms with van der Waals surface area (Å²) in [6.07, 6.45) is 7.98. The Balaban J connectivity index is 1.72. The second-order valence-electron chi connectivity index (χ2n) is 5.01. The Morgan fingerprint density at radius 1 is 1.33 bits per heavy atom. The van der Waals surface area contributed by atoms with Crippen molar-refractivity contribution in [2.75, 3.05) is 0 Å². The van der Waals surface area contributed by atoms with Gasteiger partial charge < -0.3 is 10.6 Å². The van der Waals surface area contributed by atoms with Crippen LogP contribution in [0.1, 0.15) is 36.4 Å². The van der Waals surface area contributed by atoms with Gasteiger partial charge in [0.25, 0.3) is 0 Å². The molecule has 3 heteroatoms. The Kier molecular flexibility index (Phi) is 3.05. The number of hydrogen-bond donors (Lipinski definition) is 2. The molecule has 2 N–H and O–H groups in total. The van der Waals surface area contributed by atoms with Crippen LogP contribution in [0, 0.1) is 0 Å². The zero-order valence-corrected chi connectivity index (χ0v) is 10.4. The van der Waals surface area contributed by atoms with Gasteiger partial charge in [-0.2, -0.15) is 0 Å². The lowest BCUT2D eigenvalue weighted by molar-refractivity contribution is -0.123. The number of rotatable bonds is 2. The third-order valence-corrected chi connectivity index (χ3v) is 3.79. The normalized spacial score (nSPS) is 25.3. The molecule has 0 radical (unpaired) electrons. The summed E-state index contributed by atoms with van der Waals surface area (Å²) in [6.45, 7) is 0. The first-order valence-electron chi connectivity index (χ1n) is 6.64. The Bertz CT molecular complexity index is 473. The maximum absolute atomic E-state index is 12.1. The van der Waals surface area contributed by atoms with E-state index in [1.54, 1.807) is 0 Å². The zero-order valence-electron chi connectivity index (χ0n) is 10.4. The lowest BCUT2D eigenvalue weighted by Gasteiger charge is -2.27. The number of aryl methyl sites for hydroxylation is 1. The molecule has 2 atom stereocenters. The molecule has 0 fully saturated rings. The molecule has 94 valence electrons. The van der Waals surface area contributed by atoms with Crippen LogP contribution < -0.4 is 10.6 Å². The molecule has 1 aromatic rings. The average Bonchev–Trinajstić information content (AvgIpc) is 2.93. The standard InChI is InChI=1S/C15H18N2O/c18-15(14-9-4-10-16-14)17-13-8-3-6-11-5-1-2-7-12(11)13/h1-2,4-5,7,10,13-14,16H,3,6,8-9H2,(H,17,18). The smallest absolute Gasteiger partial charge is 0.243 e. The number of benzene rings is 1. The predicted molar refractivity (Wildman–Crippen MR) is 70.9 cm³/mol. The molecule has 1 heterocycles. The lowest BCUT2D eigenvalue weighted by Crippen LogP contribution is -2.42. The molecule has 0 saturated heterocycles. The van der Waals surface area contributed by atoms with E-state index in [-0.39, 0.29) is 18.0 Å². The van der Waals surface area contributed by atoms with Gasteiger partial charge in [0.2, 0.25) is 5.91 Å². The highest BCUT2D eigenvalue weighted by Gasteiger charge is 2.25. The molecule has 1 aliphatic heterocycles. The van der Waals surface area contributed by atoms with Crippen molar-refractivity contribution in [2.24, 2.45) is 0 Å². The summed E-state index contributed by atoms with van der Waals surface area (Å²) in [5.41, 5.74) is 2.68. The molecule has 0 saturated carbocycles. The highest BCUT2D eigenvalue weighted by molar-refractivity contribution is 5.83. The predicted octanol–water partition coefficient (Wildman–Crippen LogP) is 2.06. The minimum Gasteiger partial charge on any atom is -0.380 e. The van der Waals surface area contributed by atoms with E-state index in [1.165, 1.54) is 11.1 Å². The number of nitrogens with one attached hydrogen (secondary N) is 2. The fourth-order valence-corrected chi connectivity index (χ4v) is 2.82. The van der Waals surface area contributed by atoms with Crippen molar-refractivity contribution in [3.63, 3.8) is 0 Å². The molecular weight excluding hydrogens is 224 g/mol. The first-order chi connectivity index (χ1) is 8.84. The summed E-state index contributed by atoms with van der Waals surface area (Å²) >= 11 is 0. The van der Waals surface area contributed by atoms with Crippen molar-refractivity contribution >= 4 is 5.91 Å². The second kappa shape index (κ2) is 4.84. The summed E-state index contributed by atoms with van der Waals surface area (Å²) in [4.78, 5) is 12.1. The maximum Gasteiger partial charge on any atom is 0.243 e. The van der Waals surface area contributed by atoms with Crippen LogP contribution in [0.25, 0.3) is 0 Å². The van der Waals surface area contributed by atoms with Gasteiger partial charge in [0.15, 0.2) is 0 Å². The molecule has 18 heavy (non-hydrogen) atoms. The Morgan fingerprint density at radius 3 is 3.06 bits per heavy atom. The van der Waals surface area contributed by atoms with E-state index in [0.717, 1.165) is 25.7 Å². The molecule has 1 amide bonds. The van der Waals surface area contributed by atoms with Crippen LogP contribution in [0.4, 0.5) is 0 Å². The average molecular weight is 242 g/mol. The van der Waals surface area contributed by atoms with Crippen LogP contribution in [0.15, 0.2) is 36.5 Å². The van der Waals surface area contributed by atoms with Gasteiger partial charge in [-0.25, -0.2) is 0 Å². The molecule has 1 aliphatic carbocycles. The van der Waals surface area contributed by atoms with E-state index in [4.69, 9.17) is 0 Å². The van der Waals surface area contributed by atoms with Crippen molar-refractivity contribution in [2.45, 2.75) is 37.8 Å². The molecule has 2 aliphatic rings. The van der Waals surface area contributed by atoms with E-state index < -0.39 is 0 Å². The van der Waals surface area contributed by atoms with Gasteiger partial charge in [-0.05, 0) is 43.0 Å². The summed E-state index contributed by atoms with van der Waals surface area (Å²) < 4.78 is 0. The van der Waals surface area contributed by atoms with Crippen molar-refractivity contribution in [3.05, 3.63) is 47.7 Å². The highest BCUT2D eigenvalue weighted by atomic mass is 16.2. The van der Waals surface area contributed by atoms with E-state index in [9.17, 15) is 4.79 Å². The summed E-state index contributed by atoms with van der Waals surface area (Å²) in [5, 5.41) is 6.25. The third-order valence-electron chi connectivity index (χ3n) is 3.79. The Hall–Kier alpha value is -1.77. The van der Waals surface area contributed by atoms with Crippen molar-refractivity contribution in [1.82, 2.24) is 10.6 Å². The van der Waals surface area contributed by atoms with Crippen LogP contribution in [0.3, 0.4) is 0 Å². The fraction of sp³-hybridized carbons (Fsp3) is 0.400. The van der Waals surface area contributed by atoms with Crippen LogP contribution in [0.5, 0.6) is 0 Å². The lowest BCUT2D eigenvalue weighted by atomic mass is 9.87. The van der Waals surface area contributed by atoms with Gasteiger partial charge in [0.1, 0.15) is 6.04 Å². The highest BCUT2D eigenvalue weighted by Crippen LogP contribution is 2.29. The first-order valence-corrected chi connectivity index (χ1v) is 6.64. The topological polar surface area (TPSA) is 41.1 Å². The summed E-state index contributed by atoms with van der Waals surface area (Å²) in [5.74, 6) is 0.113. The molecule has 0 spiro atoms. The first kappa shape index (κ1) is 11.3. The SMILES string of the molecule is O=C(NC1CCCc2ccccc21)C1CC=CN1. The quantitative estimate of drug-likeness (QED) is 0.833. The van der Waals surface area contributed by atoms with E-state index >= 15 is 0 Å². The second-order valence-corrected chi connectivity index (χ2v) is 5.01. The van der Waals surface area contributed by atoms with Gasteiger partial charge in [0, 0.05) is 0 Å². The molecule has 1 aromatic carbocycles. The van der Waals surface area contributed by atoms with Gasteiger partial charge in [-0.15, -0.1) is 0 Å². The zero-order chi connectivity index (χ0) is 12.4. The number of carbonyl (C=O) groups is 1. The molecule has 2 unspecified atom stereocenters. The fourth-order valence-electron chi connectivity index (χ4n) is 2.82. The largest absolute Gasteiger partial charge is 0.380 e. The molecule has 0 aromatic heterocycles. The molecule has 0 bridgehead atoms. The Morgan fingerprint density at radius 2 is 2.22 bits per heavy atom. The third kappa shape index (κ3) is 2.13. The van der Waals surface area contributed by atoms with Crippen molar-refractivity contribution in [1.29, 1.82) is 0 Å². The van der Waals surface area contributed by atoms with Crippen LogP contribution in [-0.4, -0.2) is 11.9 Å². The number of amides is 1. The number of hydrogen-bond acceptors (Lipinski definition) is 2. The van der Waals surface area contributed by atoms with Crippen LogP contribution in [-0.2, 0) is 11.2 Å².